The number of nitrogens with one attached hydrogen (secondary N) is 1. The molecule has 3 amide bonds. The van der Waals surface area contributed by atoms with E-state index in [4.69, 9.17) is 0 Å². The van der Waals surface area contributed by atoms with Crippen LogP contribution in [-0.4, -0.2) is 107 Å². The normalized spacial score (nSPS) is 14.8. The summed E-state index contributed by atoms with van der Waals surface area (Å²) in [4.78, 5) is 52.6. The second-order valence-electron chi connectivity index (χ2n) is 23.0. The number of halogens is 3. The summed E-state index contributed by atoms with van der Waals surface area (Å²) in [5.74, 6) is -0.356. The molecule has 0 unspecified atom stereocenters. The molecule has 1 N–H and O–H groups in total. The SMILES string of the molecule is CCCCCc1ccc(CN(C(=O)/C=C/c2cccc(C(F)(F)F)c2)[C@@H](Cc2ccccc2)C(=O)N2CCN(Cc3ccccc3)CC2)cc1.CCCCCc1ccc(CN[C@@H](Cc2ccccc2)C(=O)N2CCN(Cc3ccccc3)CC2)cc1. The van der Waals surface area contributed by atoms with Crippen LogP contribution in [0.3, 0.4) is 0 Å². The first kappa shape index (κ1) is 64.4. The summed E-state index contributed by atoms with van der Waals surface area (Å²) in [6.45, 7) is 12.9. The number of hydrogen-bond acceptors (Lipinski definition) is 6. The molecule has 452 valence electrons. The lowest BCUT2D eigenvalue weighted by molar-refractivity contribution is -0.145. The summed E-state index contributed by atoms with van der Waals surface area (Å²) in [6, 6.07) is 61.7. The van der Waals surface area contributed by atoms with Crippen LogP contribution >= 0.6 is 0 Å². The minimum absolute atomic E-state index is 0.134. The molecule has 2 saturated heterocycles. The van der Waals surface area contributed by atoms with Crippen LogP contribution < -0.4 is 5.32 Å². The monoisotopic (exact) mass is 1160 g/mol. The van der Waals surface area contributed by atoms with Gasteiger partial charge in [-0.25, -0.2) is 0 Å². The van der Waals surface area contributed by atoms with Gasteiger partial charge in [0.2, 0.25) is 17.7 Å². The van der Waals surface area contributed by atoms with Crippen molar-refractivity contribution >= 4 is 23.8 Å². The minimum Gasteiger partial charge on any atom is -0.339 e. The molecule has 0 radical (unpaired) electrons. The zero-order valence-electron chi connectivity index (χ0n) is 50.4. The van der Waals surface area contributed by atoms with Crippen molar-refractivity contribution in [3.05, 3.63) is 256 Å². The summed E-state index contributed by atoms with van der Waals surface area (Å²) < 4.78 is 40.3. The highest BCUT2D eigenvalue weighted by Crippen LogP contribution is 2.30. The van der Waals surface area contributed by atoms with E-state index in [1.165, 1.54) is 76.9 Å². The van der Waals surface area contributed by atoms with E-state index in [0.717, 1.165) is 94.6 Å². The molecule has 7 aromatic carbocycles. The molecule has 2 heterocycles. The van der Waals surface area contributed by atoms with Crippen LogP contribution in [0.2, 0.25) is 0 Å². The largest absolute Gasteiger partial charge is 0.416 e. The van der Waals surface area contributed by atoms with Crippen LogP contribution in [0.4, 0.5) is 13.2 Å². The van der Waals surface area contributed by atoms with Crippen molar-refractivity contribution in [3.63, 3.8) is 0 Å². The minimum atomic E-state index is -4.50. The molecule has 2 fully saturated rings. The van der Waals surface area contributed by atoms with Gasteiger partial charge >= 0.3 is 6.18 Å². The summed E-state index contributed by atoms with van der Waals surface area (Å²) in [5, 5.41) is 3.60. The number of rotatable bonds is 26. The maximum Gasteiger partial charge on any atom is 0.416 e. The van der Waals surface area contributed by atoms with Gasteiger partial charge in [-0.05, 0) is 100 Å². The first-order chi connectivity index (χ1) is 41.9. The second-order valence-corrected chi connectivity index (χ2v) is 23.0. The van der Waals surface area contributed by atoms with Crippen LogP contribution in [0.15, 0.2) is 200 Å². The molecule has 9 nitrogen and oxygen atoms in total. The van der Waals surface area contributed by atoms with Crippen molar-refractivity contribution < 1.29 is 27.6 Å². The molecule has 0 aromatic heterocycles. The Labute approximate surface area is 509 Å². The molecule has 2 aliphatic rings. The van der Waals surface area contributed by atoms with E-state index in [-0.39, 0.29) is 30.0 Å². The summed E-state index contributed by atoms with van der Waals surface area (Å²) in [5.41, 5.74) is 8.85. The molecule has 9 rings (SSSR count). The first-order valence-corrected chi connectivity index (χ1v) is 31.1. The van der Waals surface area contributed by atoms with E-state index in [1.807, 2.05) is 71.6 Å². The van der Waals surface area contributed by atoms with Crippen molar-refractivity contribution in [2.45, 2.75) is 122 Å². The lowest BCUT2D eigenvalue weighted by Gasteiger charge is -2.39. The maximum atomic E-state index is 14.5. The lowest BCUT2D eigenvalue weighted by Crippen LogP contribution is -2.56. The molecule has 12 heteroatoms. The average molecular weight is 1170 g/mol. The fourth-order valence-electron chi connectivity index (χ4n) is 11.3. The summed E-state index contributed by atoms with van der Waals surface area (Å²) in [6.07, 6.45) is 8.51. The van der Waals surface area contributed by atoms with Crippen molar-refractivity contribution in [3.8, 4) is 0 Å². The standard InChI is InChI=1S/C42H46F3N3O2.C32H41N3O/c1-2-3-6-12-33-19-21-37(22-20-33)32-48(40(49)24-23-35-17-11-18-38(29-35)42(43,44)45)39(30-34-13-7-4-8-14-34)41(50)47-27-25-46(26-28-47)31-36-15-9-5-10-16-36;1-2-3-6-11-27-16-18-29(19-17-27)25-33-31(24-28-12-7-4-8-13-28)32(36)35-22-20-34(21-23-35)26-30-14-9-5-10-15-30/h4-5,7-11,13-24,29,39H,2-3,6,12,25-28,30-32H2,1H3;4-5,7-10,12-19,31,33H,2-3,6,11,20-26H2,1H3/b24-23+;/t39-;31-/m00/s1. The Bertz CT molecular complexity index is 3130. The smallest absolute Gasteiger partial charge is 0.339 e. The average Bonchev–Trinajstić information content (AvgIpc) is 2.89. The molecule has 2 aliphatic heterocycles. The predicted octanol–water partition coefficient (Wildman–Crippen LogP) is 13.9. The van der Waals surface area contributed by atoms with Crippen LogP contribution in [0.5, 0.6) is 0 Å². The zero-order chi connectivity index (χ0) is 60.4. The second kappa shape index (κ2) is 33.9. The molecule has 0 bridgehead atoms. The number of unbranched alkanes of at least 4 members (excludes halogenated alkanes) is 4. The number of benzene rings is 7. The van der Waals surface area contributed by atoms with Crippen molar-refractivity contribution in [2.24, 2.45) is 0 Å². The lowest BCUT2D eigenvalue weighted by atomic mass is 10.0. The number of alkyl halides is 3. The van der Waals surface area contributed by atoms with Crippen molar-refractivity contribution in [1.82, 2.24) is 29.8 Å². The third kappa shape index (κ3) is 20.8. The Morgan fingerprint density at radius 2 is 0.930 bits per heavy atom. The highest BCUT2D eigenvalue weighted by atomic mass is 19.4. The number of amides is 3. The molecule has 2 atom stereocenters. The Morgan fingerprint density at radius 3 is 1.41 bits per heavy atom. The van der Waals surface area contributed by atoms with Gasteiger partial charge in [0.05, 0.1) is 11.6 Å². The third-order valence-corrected chi connectivity index (χ3v) is 16.4. The van der Waals surface area contributed by atoms with Crippen LogP contribution in [0.1, 0.15) is 108 Å². The van der Waals surface area contributed by atoms with Gasteiger partial charge in [-0.1, -0.05) is 222 Å². The van der Waals surface area contributed by atoms with Gasteiger partial charge in [0.1, 0.15) is 6.04 Å². The van der Waals surface area contributed by atoms with E-state index >= 15 is 0 Å². The van der Waals surface area contributed by atoms with Crippen molar-refractivity contribution in [2.75, 3.05) is 52.4 Å². The summed E-state index contributed by atoms with van der Waals surface area (Å²) in [7, 11) is 0. The Morgan fingerprint density at radius 1 is 0.488 bits per heavy atom. The van der Waals surface area contributed by atoms with Crippen LogP contribution in [0, 0.1) is 0 Å². The molecule has 0 aliphatic carbocycles. The fourth-order valence-corrected chi connectivity index (χ4v) is 11.3. The Balaban J connectivity index is 0.000000236. The van der Waals surface area contributed by atoms with Crippen LogP contribution in [-0.2, 0) is 72.4 Å². The number of nitrogens with zero attached hydrogens (tertiary/aromatic N) is 5. The predicted molar refractivity (Wildman–Crippen MR) is 342 cm³/mol. The van der Waals surface area contributed by atoms with E-state index < -0.39 is 23.7 Å². The quantitative estimate of drug-likeness (QED) is 0.0430. The molecular weight excluding hydrogens is 1080 g/mol. The van der Waals surface area contributed by atoms with Gasteiger partial charge in [0.25, 0.3) is 0 Å². The third-order valence-electron chi connectivity index (χ3n) is 16.4. The van der Waals surface area contributed by atoms with E-state index in [1.54, 1.807) is 4.90 Å². The molecule has 0 saturated carbocycles. The molecule has 7 aromatic rings. The summed E-state index contributed by atoms with van der Waals surface area (Å²) >= 11 is 0. The first-order valence-electron chi connectivity index (χ1n) is 31.1. The topological polar surface area (TPSA) is 79.4 Å². The molecule has 86 heavy (non-hydrogen) atoms. The van der Waals surface area contributed by atoms with Gasteiger partial charge in [-0.3, -0.25) is 24.2 Å². The Kier molecular flexibility index (Phi) is 25.4. The molecular formula is C74H87F3N6O3. The van der Waals surface area contributed by atoms with E-state index in [0.29, 0.717) is 45.6 Å². The Hall–Kier alpha value is -7.64. The zero-order valence-corrected chi connectivity index (χ0v) is 50.4. The van der Waals surface area contributed by atoms with Gasteiger partial charge in [-0.2, -0.15) is 13.2 Å². The van der Waals surface area contributed by atoms with Crippen molar-refractivity contribution in [1.29, 1.82) is 0 Å². The molecule has 0 spiro atoms. The van der Waals surface area contributed by atoms with Gasteiger partial charge in [0, 0.05) is 91.0 Å². The van der Waals surface area contributed by atoms with Gasteiger partial charge in [-0.15, -0.1) is 0 Å². The van der Waals surface area contributed by atoms with Gasteiger partial charge in [0.15, 0.2) is 0 Å². The van der Waals surface area contributed by atoms with Gasteiger partial charge < -0.3 is 20.0 Å². The highest BCUT2D eigenvalue weighted by molar-refractivity contribution is 5.96. The van der Waals surface area contributed by atoms with E-state index in [9.17, 15) is 27.6 Å². The number of hydrogen-bond donors (Lipinski definition) is 1. The number of carbonyl (C=O) groups excluding carboxylic acids is 3. The maximum absolute atomic E-state index is 14.5. The number of aryl methyl sites for hydroxylation is 2. The highest BCUT2D eigenvalue weighted by Gasteiger charge is 2.35. The number of piperazine rings is 2. The fraction of sp³-hybridized carbons (Fsp3) is 0.365. The van der Waals surface area contributed by atoms with Crippen LogP contribution in [0.25, 0.3) is 6.08 Å². The van der Waals surface area contributed by atoms with E-state index in [2.05, 4.69) is 137 Å². The number of carbonyl (C=O) groups is 3.